The van der Waals surface area contributed by atoms with E-state index in [0.717, 1.165) is 32.1 Å². The fraction of sp³-hybridized carbons (Fsp3) is 0.542. The van der Waals surface area contributed by atoms with E-state index in [1.807, 2.05) is 23.1 Å². The van der Waals surface area contributed by atoms with Crippen molar-refractivity contribution in [2.24, 2.45) is 5.92 Å². The first-order valence-corrected chi connectivity index (χ1v) is 11.3. The minimum absolute atomic E-state index is 0.141. The first-order valence-electron chi connectivity index (χ1n) is 11.3. The van der Waals surface area contributed by atoms with Crippen molar-refractivity contribution in [1.82, 2.24) is 15.4 Å². The molecule has 1 aromatic carbocycles. The SMILES string of the molecule is O=C(NCC1CC1)c1cc(CN(C(=O)CCc2ccccc2)C2CCCCC2)on1. The monoisotopic (exact) mass is 409 g/mol. The third-order valence-electron chi connectivity index (χ3n) is 6.17. The average molecular weight is 410 g/mol. The van der Waals surface area contributed by atoms with Crippen LogP contribution in [0.1, 0.15) is 73.2 Å². The van der Waals surface area contributed by atoms with Gasteiger partial charge in [0.15, 0.2) is 11.5 Å². The fourth-order valence-corrected chi connectivity index (χ4v) is 4.17. The van der Waals surface area contributed by atoms with Crippen LogP contribution in [0.4, 0.5) is 0 Å². The van der Waals surface area contributed by atoms with Crippen molar-refractivity contribution >= 4 is 11.8 Å². The van der Waals surface area contributed by atoms with Gasteiger partial charge in [-0.2, -0.15) is 0 Å². The van der Waals surface area contributed by atoms with Crippen molar-refractivity contribution in [3.8, 4) is 0 Å². The van der Waals surface area contributed by atoms with Crippen LogP contribution in [0.25, 0.3) is 0 Å². The van der Waals surface area contributed by atoms with Crippen LogP contribution in [0, 0.1) is 5.92 Å². The Labute approximate surface area is 178 Å². The maximum absolute atomic E-state index is 13.1. The molecule has 0 atom stereocenters. The lowest BCUT2D eigenvalue weighted by atomic mass is 9.93. The Balaban J connectivity index is 1.39. The Bertz CT molecular complexity index is 838. The number of carbonyl (C=O) groups excluding carboxylic acids is 2. The molecule has 2 aromatic rings. The second-order valence-electron chi connectivity index (χ2n) is 8.63. The van der Waals surface area contributed by atoms with E-state index in [9.17, 15) is 9.59 Å². The molecule has 6 nitrogen and oxygen atoms in total. The molecule has 2 aliphatic carbocycles. The predicted octanol–water partition coefficient (Wildman–Crippen LogP) is 4.11. The summed E-state index contributed by atoms with van der Waals surface area (Å²) in [6, 6.07) is 12.0. The number of benzene rings is 1. The van der Waals surface area contributed by atoms with Crippen molar-refractivity contribution in [3.63, 3.8) is 0 Å². The molecule has 4 rings (SSSR count). The highest BCUT2D eigenvalue weighted by atomic mass is 16.5. The summed E-state index contributed by atoms with van der Waals surface area (Å²) in [5.41, 5.74) is 1.47. The molecule has 1 N–H and O–H groups in total. The smallest absolute Gasteiger partial charge is 0.273 e. The fourth-order valence-electron chi connectivity index (χ4n) is 4.17. The number of hydrogen-bond acceptors (Lipinski definition) is 4. The summed E-state index contributed by atoms with van der Waals surface area (Å²) in [4.78, 5) is 27.3. The number of rotatable bonds is 9. The Hall–Kier alpha value is -2.63. The van der Waals surface area contributed by atoms with Gasteiger partial charge in [0.25, 0.3) is 5.91 Å². The summed E-state index contributed by atoms with van der Waals surface area (Å²) < 4.78 is 5.44. The number of aryl methyl sites for hydroxylation is 1. The van der Waals surface area contributed by atoms with E-state index in [-0.39, 0.29) is 17.9 Å². The van der Waals surface area contributed by atoms with Crippen LogP contribution in [0.5, 0.6) is 0 Å². The molecule has 2 aliphatic rings. The molecule has 0 saturated heterocycles. The number of amides is 2. The normalized spacial score (nSPS) is 16.9. The van der Waals surface area contributed by atoms with E-state index in [4.69, 9.17) is 4.52 Å². The number of aromatic nitrogens is 1. The predicted molar refractivity (Wildman–Crippen MR) is 114 cm³/mol. The van der Waals surface area contributed by atoms with Crippen LogP contribution in [0.3, 0.4) is 0 Å². The lowest BCUT2D eigenvalue weighted by Gasteiger charge is -2.34. The minimum atomic E-state index is -0.198. The molecule has 160 valence electrons. The van der Waals surface area contributed by atoms with Gasteiger partial charge in [-0.25, -0.2) is 0 Å². The standard InChI is InChI=1S/C24H31N3O3/c28-23(14-13-18-7-3-1-4-8-18)27(20-9-5-2-6-10-20)17-21-15-22(26-30-21)24(29)25-16-19-11-12-19/h1,3-4,7-8,15,19-20H,2,5-6,9-14,16-17H2,(H,25,29). The van der Waals surface area contributed by atoms with E-state index in [1.165, 1.54) is 24.8 Å². The van der Waals surface area contributed by atoms with Crippen LogP contribution in [-0.4, -0.2) is 34.5 Å². The van der Waals surface area contributed by atoms with Crippen LogP contribution in [-0.2, 0) is 17.8 Å². The molecule has 0 unspecified atom stereocenters. The van der Waals surface area contributed by atoms with Gasteiger partial charge in [-0.3, -0.25) is 9.59 Å². The first-order chi connectivity index (χ1) is 14.7. The number of nitrogens with zero attached hydrogens (tertiary/aromatic N) is 2. The second-order valence-corrected chi connectivity index (χ2v) is 8.63. The zero-order valence-corrected chi connectivity index (χ0v) is 17.5. The summed E-state index contributed by atoms with van der Waals surface area (Å²) in [6.07, 6.45) is 9.17. The highest BCUT2D eigenvalue weighted by molar-refractivity contribution is 5.92. The summed E-state index contributed by atoms with van der Waals surface area (Å²) in [5, 5.41) is 6.85. The highest BCUT2D eigenvalue weighted by Crippen LogP contribution is 2.28. The van der Waals surface area contributed by atoms with Crippen LogP contribution < -0.4 is 5.32 Å². The van der Waals surface area contributed by atoms with E-state index in [1.54, 1.807) is 6.07 Å². The van der Waals surface area contributed by atoms with Crippen molar-refractivity contribution in [3.05, 3.63) is 53.4 Å². The summed E-state index contributed by atoms with van der Waals surface area (Å²) in [6.45, 7) is 1.08. The second kappa shape index (κ2) is 9.92. The van der Waals surface area contributed by atoms with E-state index >= 15 is 0 Å². The largest absolute Gasteiger partial charge is 0.359 e. The van der Waals surface area contributed by atoms with Crippen molar-refractivity contribution in [2.45, 2.75) is 70.4 Å². The summed E-state index contributed by atoms with van der Waals surface area (Å²) in [5.74, 6) is 1.13. The van der Waals surface area contributed by atoms with E-state index in [2.05, 4.69) is 22.6 Å². The number of carbonyl (C=O) groups is 2. The zero-order chi connectivity index (χ0) is 20.8. The lowest BCUT2D eigenvalue weighted by molar-refractivity contribution is -0.135. The summed E-state index contributed by atoms with van der Waals surface area (Å²) in [7, 11) is 0. The van der Waals surface area contributed by atoms with Gasteiger partial charge in [0.1, 0.15) is 0 Å². The Morgan fingerprint density at radius 1 is 1.07 bits per heavy atom. The molecule has 1 heterocycles. The molecule has 0 aliphatic heterocycles. The van der Waals surface area contributed by atoms with E-state index in [0.29, 0.717) is 36.9 Å². The van der Waals surface area contributed by atoms with Crippen LogP contribution in [0.2, 0.25) is 0 Å². The quantitative estimate of drug-likeness (QED) is 0.676. The number of nitrogens with one attached hydrogen (secondary N) is 1. The third kappa shape index (κ3) is 5.71. The molecular weight excluding hydrogens is 378 g/mol. The van der Waals surface area contributed by atoms with Gasteiger partial charge >= 0.3 is 0 Å². The molecule has 0 radical (unpaired) electrons. The molecule has 2 amide bonds. The summed E-state index contributed by atoms with van der Waals surface area (Å²) >= 11 is 0. The Morgan fingerprint density at radius 3 is 2.57 bits per heavy atom. The van der Waals surface area contributed by atoms with Crippen molar-refractivity contribution in [1.29, 1.82) is 0 Å². The molecule has 6 heteroatoms. The topological polar surface area (TPSA) is 75.4 Å². The van der Waals surface area contributed by atoms with E-state index < -0.39 is 0 Å². The van der Waals surface area contributed by atoms with Gasteiger partial charge in [0.2, 0.25) is 5.91 Å². The molecule has 2 fully saturated rings. The molecular formula is C24H31N3O3. The lowest BCUT2D eigenvalue weighted by Crippen LogP contribution is -2.41. The molecule has 2 saturated carbocycles. The number of hydrogen-bond donors (Lipinski definition) is 1. The molecule has 30 heavy (non-hydrogen) atoms. The third-order valence-corrected chi connectivity index (χ3v) is 6.17. The van der Waals surface area contributed by atoms with Crippen molar-refractivity contribution in [2.75, 3.05) is 6.54 Å². The van der Waals surface area contributed by atoms with Gasteiger partial charge in [-0.15, -0.1) is 0 Å². The zero-order valence-electron chi connectivity index (χ0n) is 17.5. The van der Waals surface area contributed by atoms with Crippen LogP contribution >= 0.6 is 0 Å². The van der Waals surface area contributed by atoms with Crippen molar-refractivity contribution < 1.29 is 14.1 Å². The van der Waals surface area contributed by atoms with Gasteiger partial charge in [-0.1, -0.05) is 54.8 Å². The highest BCUT2D eigenvalue weighted by Gasteiger charge is 2.27. The first kappa shape index (κ1) is 20.6. The minimum Gasteiger partial charge on any atom is -0.359 e. The molecule has 0 bridgehead atoms. The average Bonchev–Trinajstić information content (AvgIpc) is 3.51. The Kier molecular flexibility index (Phi) is 6.82. The van der Waals surface area contributed by atoms with Gasteiger partial charge in [0.05, 0.1) is 6.54 Å². The maximum atomic E-state index is 13.1. The molecule has 1 aromatic heterocycles. The van der Waals surface area contributed by atoms with Gasteiger partial charge < -0.3 is 14.7 Å². The Morgan fingerprint density at radius 2 is 1.83 bits per heavy atom. The van der Waals surface area contributed by atoms with Crippen LogP contribution in [0.15, 0.2) is 40.9 Å². The molecule has 0 spiro atoms. The van der Waals surface area contributed by atoms with Gasteiger partial charge in [0, 0.05) is 25.1 Å². The maximum Gasteiger partial charge on any atom is 0.273 e. The van der Waals surface area contributed by atoms with Gasteiger partial charge in [-0.05, 0) is 43.6 Å².